The number of nitrogens with one attached hydrogen (secondary N) is 1. The highest BCUT2D eigenvalue weighted by Gasteiger charge is 2.13. The van der Waals surface area contributed by atoms with Gasteiger partial charge in [0, 0.05) is 18.9 Å². The number of carbonyl (C=O) groups excluding carboxylic acids is 2. The summed E-state index contributed by atoms with van der Waals surface area (Å²) < 4.78 is 0. The molecule has 0 radical (unpaired) electrons. The number of ketones is 1. The monoisotopic (exact) mass is 221 g/mol. The van der Waals surface area contributed by atoms with Gasteiger partial charge in [-0.3, -0.25) is 9.59 Å². The first-order valence-electron chi connectivity index (χ1n) is 5.07. The average Bonchev–Trinajstić information content (AvgIpc) is 2.20. The van der Waals surface area contributed by atoms with Crippen LogP contribution >= 0.6 is 0 Å². The van der Waals surface area contributed by atoms with E-state index in [1.165, 1.54) is 6.92 Å². The van der Waals surface area contributed by atoms with Crippen LogP contribution in [0.25, 0.3) is 0 Å². The summed E-state index contributed by atoms with van der Waals surface area (Å²) in [7, 11) is 0. The first-order valence-corrected chi connectivity index (χ1v) is 5.07. The van der Waals surface area contributed by atoms with Crippen LogP contribution in [0.3, 0.4) is 0 Å². The molecule has 0 saturated heterocycles. The van der Waals surface area contributed by atoms with Gasteiger partial charge in [-0.2, -0.15) is 0 Å². The van der Waals surface area contributed by atoms with E-state index in [0.717, 1.165) is 5.56 Å². The SMILES string of the molecule is CC(=O)Nc1c(C)cccc1C(=O)CCO. The van der Waals surface area contributed by atoms with Crippen molar-refractivity contribution in [2.45, 2.75) is 20.3 Å². The Bertz CT molecular complexity index is 413. The Morgan fingerprint density at radius 2 is 2.06 bits per heavy atom. The zero-order valence-electron chi connectivity index (χ0n) is 9.41. The second-order valence-electron chi connectivity index (χ2n) is 3.58. The van der Waals surface area contributed by atoms with E-state index < -0.39 is 0 Å². The van der Waals surface area contributed by atoms with Gasteiger partial charge in [0.25, 0.3) is 0 Å². The first-order chi connectivity index (χ1) is 7.56. The lowest BCUT2D eigenvalue weighted by Crippen LogP contribution is -2.13. The summed E-state index contributed by atoms with van der Waals surface area (Å²) in [5.41, 5.74) is 1.82. The number of amides is 1. The highest BCUT2D eigenvalue weighted by Crippen LogP contribution is 2.21. The molecule has 1 aromatic rings. The van der Waals surface area contributed by atoms with Crippen LogP contribution in [-0.4, -0.2) is 23.4 Å². The number of carbonyl (C=O) groups is 2. The van der Waals surface area contributed by atoms with E-state index in [9.17, 15) is 9.59 Å². The maximum absolute atomic E-state index is 11.7. The molecular weight excluding hydrogens is 206 g/mol. The highest BCUT2D eigenvalue weighted by molar-refractivity contribution is 6.05. The maximum Gasteiger partial charge on any atom is 0.221 e. The molecule has 0 fully saturated rings. The van der Waals surface area contributed by atoms with Gasteiger partial charge < -0.3 is 10.4 Å². The zero-order chi connectivity index (χ0) is 12.1. The molecule has 0 atom stereocenters. The predicted octanol–water partition coefficient (Wildman–Crippen LogP) is 1.52. The topological polar surface area (TPSA) is 66.4 Å². The van der Waals surface area contributed by atoms with Gasteiger partial charge in [0.05, 0.1) is 12.3 Å². The second-order valence-corrected chi connectivity index (χ2v) is 3.58. The zero-order valence-corrected chi connectivity index (χ0v) is 9.41. The summed E-state index contributed by atoms with van der Waals surface area (Å²) in [5.74, 6) is -0.387. The summed E-state index contributed by atoms with van der Waals surface area (Å²) in [6, 6.07) is 5.22. The van der Waals surface area contributed by atoms with Crippen molar-refractivity contribution in [2.75, 3.05) is 11.9 Å². The molecule has 0 aromatic heterocycles. The molecule has 1 aromatic carbocycles. The lowest BCUT2D eigenvalue weighted by Gasteiger charge is -2.11. The van der Waals surface area contributed by atoms with Crippen LogP contribution in [0.4, 0.5) is 5.69 Å². The molecule has 0 unspecified atom stereocenters. The Labute approximate surface area is 94.3 Å². The number of anilines is 1. The van der Waals surface area contributed by atoms with E-state index in [4.69, 9.17) is 5.11 Å². The smallest absolute Gasteiger partial charge is 0.221 e. The number of aliphatic hydroxyl groups is 1. The molecule has 4 heteroatoms. The summed E-state index contributed by atoms with van der Waals surface area (Å²) >= 11 is 0. The third kappa shape index (κ3) is 2.90. The quantitative estimate of drug-likeness (QED) is 0.757. The second kappa shape index (κ2) is 5.42. The molecular formula is C12H15NO3. The number of benzene rings is 1. The van der Waals surface area contributed by atoms with Crippen LogP contribution < -0.4 is 5.32 Å². The Kier molecular flexibility index (Phi) is 4.19. The van der Waals surface area contributed by atoms with Gasteiger partial charge in [-0.1, -0.05) is 12.1 Å². The van der Waals surface area contributed by atoms with Gasteiger partial charge in [-0.25, -0.2) is 0 Å². The first kappa shape index (κ1) is 12.4. The van der Waals surface area contributed by atoms with E-state index in [2.05, 4.69) is 5.32 Å². The molecule has 2 N–H and O–H groups in total. The number of rotatable bonds is 4. The van der Waals surface area contributed by atoms with Crippen LogP contribution in [-0.2, 0) is 4.79 Å². The summed E-state index contributed by atoms with van der Waals surface area (Å²) in [4.78, 5) is 22.7. The van der Waals surface area contributed by atoms with Crippen LogP contribution in [0.5, 0.6) is 0 Å². The molecule has 1 amide bonds. The van der Waals surface area contributed by atoms with Crippen molar-refractivity contribution in [3.05, 3.63) is 29.3 Å². The van der Waals surface area contributed by atoms with E-state index in [1.54, 1.807) is 12.1 Å². The van der Waals surface area contributed by atoms with Crippen molar-refractivity contribution in [3.63, 3.8) is 0 Å². The minimum Gasteiger partial charge on any atom is -0.396 e. The molecule has 0 heterocycles. The van der Waals surface area contributed by atoms with Gasteiger partial charge in [0.15, 0.2) is 5.78 Å². The Hall–Kier alpha value is -1.68. The van der Waals surface area contributed by atoms with E-state index in [1.807, 2.05) is 13.0 Å². The van der Waals surface area contributed by atoms with Crippen molar-refractivity contribution < 1.29 is 14.7 Å². The fourth-order valence-electron chi connectivity index (χ4n) is 1.48. The van der Waals surface area contributed by atoms with E-state index >= 15 is 0 Å². The van der Waals surface area contributed by atoms with Gasteiger partial charge in [0.2, 0.25) is 5.91 Å². The molecule has 0 aliphatic rings. The summed E-state index contributed by atoms with van der Waals surface area (Å²) in [6.45, 7) is 3.03. The van der Waals surface area contributed by atoms with Crippen LogP contribution in [0.1, 0.15) is 29.3 Å². The normalized spacial score (nSPS) is 9.94. The van der Waals surface area contributed by atoms with E-state index in [0.29, 0.717) is 11.3 Å². The summed E-state index contributed by atoms with van der Waals surface area (Å²) in [6.07, 6.45) is 0.0655. The lowest BCUT2D eigenvalue weighted by atomic mass is 10.0. The number of para-hydroxylation sites is 1. The van der Waals surface area contributed by atoms with E-state index in [-0.39, 0.29) is 24.7 Å². The largest absolute Gasteiger partial charge is 0.396 e. The highest BCUT2D eigenvalue weighted by atomic mass is 16.3. The molecule has 0 aliphatic heterocycles. The molecule has 0 bridgehead atoms. The Balaban J connectivity index is 3.11. The molecule has 16 heavy (non-hydrogen) atoms. The molecule has 86 valence electrons. The van der Waals surface area contributed by atoms with Gasteiger partial charge in [-0.05, 0) is 18.6 Å². The Morgan fingerprint density at radius 3 is 2.62 bits per heavy atom. The fourth-order valence-corrected chi connectivity index (χ4v) is 1.48. The average molecular weight is 221 g/mol. The molecule has 4 nitrogen and oxygen atoms in total. The molecule has 1 rings (SSSR count). The van der Waals surface area contributed by atoms with Crippen molar-refractivity contribution in [1.82, 2.24) is 0 Å². The molecule has 0 spiro atoms. The number of hydrogen-bond donors (Lipinski definition) is 2. The third-order valence-electron chi connectivity index (χ3n) is 2.21. The van der Waals surface area contributed by atoms with Crippen molar-refractivity contribution >= 4 is 17.4 Å². The van der Waals surface area contributed by atoms with Gasteiger partial charge >= 0.3 is 0 Å². The summed E-state index contributed by atoms with van der Waals surface area (Å²) in [5, 5.41) is 11.4. The fraction of sp³-hybridized carbons (Fsp3) is 0.333. The van der Waals surface area contributed by atoms with Crippen LogP contribution in [0.15, 0.2) is 18.2 Å². The number of hydrogen-bond acceptors (Lipinski definition) is 3. The molecule has 0 aliphatic carbocycles. The van der Waals surface area contributed by atoms with Crippen LogP contribution in [0, 0.1) is 6.92 Å². The van der Waals surface area contributed by atoms with Crippen molar-refractivity contribution in [1.29, 1.82) is 0 Å². The lowest BCUT2D eigenvalue weighted by molar-refractivity contribution is -0.114. The maximum atomic E-state index is 11.7. The predicted molar refractivity (Wildman–Crippen MR) is 61.5 cm³/mol. The molecule has 0 saturated carbocycles. The number of aryl methyl sites for hydroxylation is 1. The minimum absolute atomic E-state index is 0.0655. The third-order valence-corrected chi connectivity index (χ3v) is 2.21. The van der Waals surface area contributed by atoms with Crippen molar-refractivity contribution in [3.8, 4) is 0 Å². The standard InChI is InChI=1S/C12H15NO3/c1-8-4-3-5-10(11(16)6-7-14)12(8)13-9(2)15/h3-5,14H,6-7H2,1-2H3,(H,13,15). The van der Waals surface area contributed by atoms with Gasteiger partial charge in [0.1, 0.15) is 0 Å². The Morgan fingerprint density at radius 1 is 1.38 bits per heavy atom. The van der Waals surface area contributed by atoms with Crippen LogP contribution in [0.2, 0.25) is 0 Å². The van der Waals surface area contributed by atoms with Gasteiger partial charge in [-0.15, -0.1) is 0 Å². The number of Topliss-reactive ketones (excluding diaryl/α,β-unsaturated/α-hetero) is 1. The number of aliphatic hydroxyl groups excluding tert-OH is 1. The minimum atomic E-state index is -0.215. The van der Waals surface area contributed by atoms with Crippen molar-refractivity contribution in [2.24, 2.45) is 0 Å².